The molecular formula is C13H17N3S. The zero-order valence-corrected chi connectivity index (χ0v) is 10.8. The van der Waals surface area contributed by atoms with Crippen LogP contribution in [0.3, 0.4) is 0 Å². The third-order valence-electron chi connectivity index (χ3n) is 2.53. The predicted octanol–water partition coefficient (Wildman–Crippen LogP) is 2.58. The maximum atomic E-state index is 5.64. The minimum atomic E-state index is 0.807. The maximum Gasteiger partial charge on any atom is 0.107 e. The van der Waals surface area contributed by atoms with E-state index in [1.807, 2.05) is 30.5 Å². The number of aryl methyl sites for hydroxylation is 1. The van der Waals surface area contributed by atoms with Gasteiger partial charge in [-0.2, -0.15) is 0 Å². The number of aromatic nitrogens is 1. The number of anilines is 1. The Balaban J connectivity index is 1.81. The molecule has 0 atom stereocenters. The van der Waals surface area contributed by atoms with Gasteiger partial charge in [0.15, 0.2) is 0 Å². The molecule has 4 heteroatoms. The van der Waals surface area contributed by atoms with E-state index < -0.39 is 0 Å². The molecule has 90 valence electrons. The van der Waals surface area contributed by atoms with E-state index in [2.05, 4.69) is 17.2 Å². The van der Waals surface area contributed by atoms with Crippen LogP contribution >= 0.6 is 11.3 Å². The first-order chi connectivity index (χ1) is 8.28. The van der Waals surface area contributed by atoms with Crippen molar-refractivity contribution in [2.24, 2.45) is 0 Å². The smallest absolute Gasteiger partial charge is 0.107 e. The molecule has 0 aliphatic rings. The van der Waals surface area contributed by atoms with Crippen molar-refractivity contribution in [2.75, 3.05) is 5.73 Å². The Morgan fingerprint density at radius 2 is 2.00 bits per heavy atom. The molecule has 1 heterocycles. The molecule has 1 aromatic heterocycles. The Bertz CT molecular complexity index is 462. The van der Waals surface area contributed by atoms with Crippen LogP contribution in [0.2, 0.25) is 0 Å². The average Bonchev–Trinajstić information content (AvgIpc) is 2.80. The highest BCUT2D eigenvalue weighted by Crippen LogP contribution is 2.13. The third-order valence-corrected chi connectivity index (χ3v) is 3.68. The Kier molecular flexibility index (Phi) is 4.12. The standard InChI is InChI=1S/C13H17N3S/c1-2-12-8-16-13(17-12)9-15-7-10-3-5-11(14)6-4-10/h3-6,8,15H,2,7,9,14H2,1H3. The van der Waals surface area contributed by atoms with Crippen LogP contribution in [0.4, 0.5) is 5.69 Å². The third kappa shape index (κ3) is 3.54. The van der Waals surface area contributed by atoms with Gasteiger partial charge in [-0.25, -0.2) is 4.98 Å². The van der Waals surface area contributed by atoms with E-state index in [0.29, 0.717) is 0 Å². The second-order valence-corrected chi connectivity index (χ2v) is 5.12. The van der Waals surface area contributed by atoms with Crippen molar-refractivity contribution >= 4 is 17.0 Å². The molecule has 2 rings (SSSR count). The number of nitrogens with one attached hydrogen (secondary N) is 1. The number of nitrogens with zero attached hydrogens (tertiary/aromatic N) is 1. The summed E-state index contributed by atoms with van der Waals surface area (Å²) in [7, 11) is 0. The summed E-state index contributed by atoms with van der Waals surface area (Å²) >= 11 is 1.78. The van der Waals surface area contributed by atoms with Gasteiger partial charge in [0.2, 0.25) is 0 Å². The summed E-state index contributed by atoms with van der Waals surface area (Å²) in [6.07, 6.45) is 3.03. The molecule has 0 aliphatic heterocycles. The summed E-state index contributed by atoms with van der Waals surface area (Å²) < 4.78 is 0. The monoisotopic (exact) mass is 247 g/mol. The van der Waals surface area contributed by atoms with Crippen LogP contribution < -0.4 is 11.1 Å². The second-order valence-electron chi connectivity index (χ2n) is 3.92. The number of nitrogen functional groups attached to an aromatic ring is 1. The van der Waals surface area contributed by atoms with E-state index in [-0.39, 0.29) is 0 Å². The molecule has 2 aromatic rings. The summed E-state index contributed by atoms with van der Waals surface area (Å²) in [6, 6.07) is 7.94. The quantitative estimate of drug-likeness (QED) is 0.798. The van der Waals surface area contributed by atoms with Crippen molar-refractivity contribution < 1.29 is 0 Å². The largest absolute Gasteiger partial charge is 0.399 e. The normalized spacial score (nSPS) is 10.6. The molecule has 0 radical (unpaired) electrons. The van der Waals surface area contributed by atoms with Gasteiger partial charge in [-0.1, -0.05) is 19.1 Å². The van der Waals surface area contributed by atoms with E-state index in [4.69, 9.17) is 5.73 Å². The molecular weight excluding hydrogens is 230 g/mol. The molecule has 17 heavy (non-hydrogen) atoms. The van der Waals surface area contributed by atoms with Gasteiger partial charge < -0.3 is 11.1 Å². The molecule has 0 amide bonds. The highest BCUT2D eigenvalue weighted by Gasteiger charge is 2.00. The first-order valence-electron chi connectivity index (χ1n) is 5.76. The lowest BCUT2D eigenvalue weighted by Gasteiger charge is -2.03. The molecule has 1 aromatic carbocycles. The fourth-order valence-electron chi connectivity index (χ4n) is 1.54. The molecule has 0 saturated heterocycles. The Morgan fingerprint density at radius 3 is 2.65 bits per heavy atom. The van der Waals surface area contributed by atoms with Crippen LogP contribution in [0.1, 0.15) is 22.4 Å². The van der Waals surface area contributed by atoms with Gasteiger partial charge in [0, 0.05) is 29.9 Å². The molecule has 0 saturated carbocycles. The summed E-state index contributed by atoms with van der Waals surface area (Å²) in [5.41, 5.74) is 7.68. The second kappa shape index (κ2) is 5.80. The van der Waals surface area contributed by atoms with E-state index in [0.717, 1.165) is 30.2 Å². The van der Waals surface area contributed by atoms with E-state index >= 15 is 0 Å². The maximum absolute atomic E-state index is 5.64. The molecule has 3 nitrogen and oxygen atoms in total. The summed E-state index contributed by atoms with van der Waals surface area (Å²) in [5.74, 6) is 0. The Hall–Kier alpha value is -1.39. The highest BCUT2D eigenvalue weighted by molar-refractivity contribution is 7.11. The van der Waals surface area contributed by atoms with E-state index in [1.165, 1.54) is 10.4 Å². The first-order valence-corrected chi connectivity index (χ1v) is 6.58. The SMILES string of the molecule is CCc1cnc(CNCc2ccc(N)cc2)s1. The van der Waals surface area contributed by atoms with Crippen LogP contribution in [-0.2, 0) is 19.5 Å². The zero-order valence-electron chi connectivity index (χ0n) is 9.94. The van der Waals surface area contributed by atoms with Gasteiger partial charge >= 0.3 is 0 Å². The van der Waals surface area contributed by atoms with Gasteiger partial charge in [0.1, 0.15) is 5.01 Å². The lowest BCUT2D eigenvalue weighted by atomic mass is 10.2. The predicted molar refractivity (Wildman–Crippen MR) is 72.9 cm³/mol. The first kappa shape index (κ1) is 12.1. The fourth-order valence-corrected chi connectivity index (χ4v) is 2.37. The minimum absolute atomic E-state index is 0.807. The zero-order chi connectivity index (χ0) is 12.1. The number of hydrogen-bond acceptors (Lipinski definition) is 4. The van der Waals surface area contributed by atoms with E-state index in [1.54, 1.807) is 11.3 Å². The summed E-state index contributed by atoms with van der Waals surface area (Å²) in [5, 5.41) is 4.53. The number of rotatable bonds is 5. The van der Waals surface area contributed by atoms with Crippen LogP contribution in [0.15, 0.2) is 30.5 Å². The van der Waals surface area contributed by atoms with Gasteiger partial charge in [0.25, 0.3) is 0 Å². The number of thiazole rings is 1. The molecule has 0 spiro atoms. The van der Waals surface area contributed by atoms with Crippen molar-refractivity contribution in [1.29, 1.82) is 0 Å². The van der Waals surface area contributed by atoms with Crippen LogP contribution in [0.5, 0.6) is 0 Å². The van der Waals surface area contributed by atoms with Crippen LogP contribution in [0, 0.1) is 0 Å². The van der Waals surface area contributed by atoms with Gasteiger partial charge in [-0.15, -0.1) is 11.3 Å². The Morgan fingerprint density at radius 1 is 1.24 bits per heavy atom. The molecule has 0 bridgehead atoms. The van der Waals surface area contributed by atoms with Crippen molar-refractivity contribution in [3.63, 3.8) is 0 Å². The highest BCUT2D eigenvalue weighted by atomic mass is 32.1. The van der Waals surface area contributed by atoms with Crippen molar-refractivity contribution in [3.05, 3.63) is 45.9 Å². The van der Waals surface area contributed by atoms with Crippen LogP contribution in [0.25, 0.3) is 0 Å². The van der Waals surface area contributed by atoms with Crippen molar-refractivity contribution in [1.82, 2.24) is 10.3 Å². The van der Waals surface area contributed by atoms with Crippen molar-refractivity contribution in [3.8, 4) is 0 Å². The molecule has 0 fully saturated rings. The minimum Gasteiger partial charge on any atom is -0.399 e. The fraction of sp³-hybridized carbons (Fsp3) is 0.308. The van der Waals surface area contributed by atoms with E-state index in [9.17, 15) is 0 Å². The lowest BCUT2D eigenvalue weighted by Crippen LogP contribution is -2.12. The topological polar surface area (TPSA) is 50.9 Å². The summed E-state index contributed by atoms with van der Waals surface area (Å²) in [4.78, 5) is 5.71. The summed E-state index contributed by atoms with van der Waals surface area (Å²) in [6.45, 7) is 3.83. The van der Waals surface area contributed by atoms with Gasteiger partial charge in [-0.05, 0) is 24.1 Å². The lowest BCUT2D eigenvalue weighted by molar-refractivity contribution is 0.690. The molecule has 0 unspecified atom stereocenters. The molecule has 0 aliphatic carbocycles. The number of nitrogens with two attached hydrogens (primary N) is 1. The van der Waals surface area contributed by atoms with Gasteiger partial charge in [0.05, 0.1) is 0 Å². The average molecular weight is 247 g/mol. The number of benzene rings is 1. The van der Waals surface area contributed by atoms with Crippen LogP contribution in [-0.4, -0.2) is 4.98 Å². The van der Waals surface area contributed by atoms with Crippen molar-refractivity contribution in [2.45, 2.75) is 26.4 Å². The molecule has 3 N–H and O–H groups in total. The Labute approximate surface area is 106 Å². The van der Waals surface area contributed by atoms with Gasteiger partial charge in [-0.3, -0.25) is 0 Å². The number of hydrogen-bond donors (Lipinski definition) is 2.